The second kappa shape index (κ2) is 8.51. The molecule has 0 unspecified atom stereocenters. The molecule has 0 aliphatic heterocycles. The maximum absolute atomic E-state index is 11.9. The molecule has 1 aliphatic carbocycles. The SMILES string of the molecule is CC[C@@H](C)c1ccc(NC(=O)COC(=O)[C@H]2CC=CCC2)cc1. The molecule has 4 heteroatoms. The Hall–Kier alpha value is -2.10. The highest BCUT2D eigenvalue weighted by atomic mass is 16.5. The molecule has 1 aromatic carbocycles. The Morgan fingerprint density at radius 3 is 2.61 bits per heavy atom. The van der Waals surface area contributed by atoms with Gasteiger partial charge in [-0.3, -0.25) is 9.59 Å². The number of benzene rings is 1. The van der Waals surface area contributed by atoms with Crippen LogP contribution in [0.4, 0.5) is 5.69 Å². The maximum atomic E-state index is 11.9. The largest absolute Gasteiger partial charge is 0.455 e. The topological polar surface area (TPSA) is 55.4 Å². The first-order chi connectivity index (χ1) is 11.1. The molecule has 23 heavy (non-hydrogen) atoms. The summed E-state index contributed by atoms with van der Waals surface area (Å²) in [7, 11) is 0. The number of anilines is 1. The van der Waals surface area contributed by atoms with Crippen LogP contribution in [0.25, 0.3) is 0 Å². The first-order valence-electron chi connectivity index (χ1n) is 8.31. The third kappa shape index (κ3) is 5.23. The van der Waals surface area contributed by atoms with Crippen LogP contribution >= 0.6 is 0 Å². The van der Waals surface area contributed by atoms with Crippen molar-refractivity contribution in [1.29, 1.82) is 0 Å². The second-order valence-corrected chi connectivity index (χ2v) is 6.07. The van der Waals surface area contributed by atoms with Gasteiger partial charge in [-0.2, -0.15) is 0 Å². The molecule has 0 spiro atoms. The highest BCUT2D eigenvalue weighted by Gasteiger charge is 2.20. The highest BCUT2D eigenvalue weighted by Crippen LogP contribution is 2.21. The van der Waals surface area contributed by atoms with Gasteiger partial charge in [0.15, 0.2) is 6.61 Å². The predicted octanol–water partition coefficient (Wildman–Crippen LogP) is 4.04. The molecule has 0 heterocycles. The van der Waals surface area contributed by atoms with Crippen LogP contribution in [0, 0.1) is 5.92 Å². The molecule has 124 valence electrons. The number of rotatable bonds is 6. The van der Waals surface area contributed by atoms with Gasteiger partial charge in [0.05, 0.1) is 5.92 Å². The van der Waals surface area contributed by atoms with E-state index in [1.165, 1.54) is 5.56 Å². The standard InChI is InChI=1S/C19H25NO3/c1-3-14(2)15-9-11-17(12-10-15)20-18(21)13-23-19(22)16-7-5-4-6-8-16/h4-5,9-12,14,16H,3,6-8,13H2,1-2H3,(H,20,21)/t14-,16+/m1/s1. The number of esters is 1. The summed E-state index contributed by atoms with van der Waals surface area (Å²) in [5, 5.41) is 2.75. The lowest BCUT2D eigenvalue weighted by Crippen LogP contribution is -2.25. The van der Waals surface area contributed by atoms with Gasteiger partial charge in [-0.25, -0.2) is 0 Å². The van der Waals surface area contributed by atoms with Crippen LogP contribution in [-0.2, 0) is 14.3 Å². The monoisotopic (exact) mass is 315 g/mol. The fraction of sp³-hybridized carbons (Fsp3) is 0.474. The van der Waals surface area contributed by atoms with Crippen molar-refractivity contribution in [2.24, 2.45) is 5.92 Å². The number of hydrogen-bond donors (Lipinski definition) is 1. The minimum Gasteiger partial charge on any atom is -0.455 e. The first kappa shape index (κ1) is 17.3. The normalized spacial score (nSPS) is 18.3. The van der Waals surface area contributed by atoms with Crippen molar-refractivity contribution in [2.75, 3.05) is 11.9 Å². The summed E-state index contributed by atoms with van der Waals surface area (Å²) in [6.45, 7) is 4.09. The van der Waals surface area contributed by atoms with Crippen molar-refractivity contribution >= 4 is 17.6 Å². The summed E-state index contributed by atoms with van der Waals surface area (Å²) in [5.41, 5.74) is 1.97. The Kier molecular flexibility index (Phi) is 6.39. The molecule has 4 nitrogen and oxygen atoms in total. The number of amides is 1. The average Bonchev–Trinajstić information content (AvgIpc) is 2.60. The molecule has 2 rings (SSSR count). The van der Waals surface area contributed by atoms with Crippen LogP contribution < -0.4 is 5.32 Å². The van der Waals surface area contributed by atoms with E-state index in [-0.39, 0.29) is 24.4 Å². The Balaban J connectivity index is 1.78. The van der Waals surface area contributed by atoms with E-state index in [0.29, 0.717) is 12.3 Å². The van der Waals surface area contributed by atoms with E-state index in [9.17, 15) is 9.59 Å². The van der Waals surface area contributed by atoms with Crippen molar-refractivity contribution in [3.8, 4) is 0 Å². The molecule has 0 saturated heterocycles. The van der Waals surface area contributed by atoms with Gasteiger partial charge in [0.1, 0.15) is 0 Å². The van der Waals surface area contributed by atoms with Crippen LogP contribution in [0.15, 0.2) is 36.4 Å². The van der Waals surface area contributed by atoms with Crippen LogP contribution in [0.5, 0.6) is 0 Å². The molecular formula is C19H25NO3. The first-order valence-corrected chi connectivity index (χ1v) is 8.31. The highest BCUT2D eigenvalue weighted by molar-refractivity contribution is 5.92. The van der Waals surface area contributed by atoms with E-state index >= 15 is 0 Å². The van der Waals surface area contributed by atoms with Crippen LogP contribution in [0.3, 0.4) is 0 Å². The summed E-state index contributed by atoms with van der Waals surface area (Å²) in [6.07, 6.45) is 7.55. The van der Waals surface area contributed by atoms with Crippen molar-refractivity contribution in [2.45, 2.75) is 45.4 Å². The van der Waals surface area contributed by atoms with Crippen molar-refractivity contribution in [3.05, 3.63) is 42.0 Å². The van der Waals surface area contributed by atoms with Gasteiger partial charge in [0.2, 0.25) is 0 Å². The number of carbonyl (C=O) groups excluding carboxylic acids is 2. The molecule has 1 aliphatic rings. The fourth-order valence-corrected chi connectivity index (χ4v) is 2.59. The van der Waals surface area contributed by atoms with Crippen LogP contribution in [0.2, 0.25) is 0 Å². The zero-order valence-electron chi connectivity index (χ0n) is 13.9. The molecular weight excluding hydrogens is 290 g/mol. The van der Waals surface area contributed by atoms with Gasteiger partial charge in [-0.15, -0.1) is 0 Å². The zero-order chi connectivity index (χ0) is 16.7. The van der Waals surface area contributed by atoms with Crippen LogP contribution in [0.1, 0.15) is 51.0 Å². The maximum Gasteiger partial charge on any atom is 0.309 e. The summed E-state index contributed by atoms with van der Waals surface area (Å²) in [5.74, 6) is -0.189. The smallest absolute Gasteiger partial charge is 0.309 e. The number of allylic oxidation sites excluding steroid dienone is 2. The lowest BCUT2D eigenvalue weighted by Gasteiger charge is -2.16. The quantitative estimate of drug-likeness (QED) is 0.637. The Morgan fingerprint density at radius 2 is 2.00 bits per heavy atom. The minimum absolute atomic E-state index is 0.109. The number of ether oxygens (including phenoxy) is 1. The second-order valence-electron chi connectivity index (χ2n) is 6.07. The predicted molar refractivity (Wildman–Crippen MR) is 91.2 cm³/mol. The summed E-state index contributed by atoms with van der Waals surface area (Å²) >= 11 is 0. The minimum atomic E-state index is -0.305. The summed E-state index contributed by atoms with van der Waals surface area (Å²) in [6, 6.07) is 7.80. The molecule has 0 radical (unpaired) electrons. The van der Waals surface area contributed by atoms with E-state index in [1.807, 2.05) is 30.3 Å². The Labute approximate surface area is 137 Å². The van der Waals surface area contributed by atoms with Gasteiger partial charge in [-0.05, 0) is 49.3 Å². The van der Waals surface area contributed by atoms with E-state index in [0.717, 1.165) is 24.9 Å². The van der Waals surface area contributed by atoms with Crippen molar-refractivity contribution < 1.29 is 14.3 Å². The number of hydrogen-bond acceptors (Lipinski definition) is 3. The van der Waals surface area contributed by atoms with E-state index in [4.69, 9.17) is 4.74 Å². The lowest BCUT2D eigenvalue weighted by atomic mass is 9.95. The third-order valence-corrected chi connectivity index (χ3v) is 4.32. The molecule has 1 aromatic rings. The number of nitrogens with one attached hydrogen (secondary N) is 1. The molecule has 1 amide bonds. The van der Waals surface area contributed by atoms with Crippen LogP contribution in [-0.4, -0.2) is 18.5 Å². The van der Waals surface area contributed by atoms with Gasteiger partial charge >= 0.3 is 5.97 Å². The van der Waals surface area contributed by atoms with Gasteiger partial charge < -0.3 is 10.1 Å². The molecule has 0 bridgehead atoms. The van der Waals surface area contributed by atoms with E-state index in [2.05, 4.69) is 25.2 Å². The Bertz CT molecular complexity index is 562. The Morgan fingerprint density at radius 1 is 1.26 bits per heavy atom. The average molecular weight is 315 g/mol. The molecule has 0 saturated carbocycles. The van der Waals surface area contributed by atoms with Gasteiger partial charge in [0.25, 0.3) is 5.91 Å². The lowest BCUT2D eigenvalue weighted by molar-refractivity contribution is -0.151. The van der Waals surface area contributed by atoms with Crippen molar-refractivity contribution in [3.63, 3.8) is 0 Å². The van der Waals surface area contributed by atoms with Gasteiger partial charge in [0, 0.05) is 5.69 Å². The summed E-state index contributed by atoms with van der Waals surface area (Å²) < 4.78 is 5.11. The zero-order valence-corrected chi connectivity index (χ0v) is 13.9. The molecule has 0 aromatic heterocycles. The van der Waals surface area contributed by atoms with Gasteiger partial charge in [-0.1, -0.05) is 38.1 Å². The van der Waals surface area contributed by atoms with E-state index in [1.54, 1.807) is 0 Å². The van der Waals surface area contributed by atoms with E-state index < -0.39 is 0 Å². The molecule has 1 N–H and O–H groups in total. The molecule has 2 atom stereocenters. The third-order valence-electron chi connectivity index (χ3n) is 4.32. The fourth-order valence-electron chi connectivity index (χ4n) is 2.59. The number of carbonyl (C=O) groups is 2. The summed E-state index contributed by atoms with van der Waals surface area (Å²) in [4.78, 5) is 23.7. The van der Waals surface area contributed by atoms with Crippen molar-refractivity contribution in [1.82, 2.24) is 0 Å². The molecule has 0 fully saturated rings.